The number of carbonyl (C=O) groups excluding carboxylic acids is 1. The van der Waals surface area contributed by atoms with Crippen LogP contribution in [-0.2, 0) is 4.74 Å². The number of benzene rings is 1. The summed E-state index contributed by atoms with van der Waals surface area (Å²) in [6.45, 7) is 3.79. The van der Waals surface area contributed by atoms with Crippen LogP contribution in [0.1, 0.15) is 23.0 Å². The van der Waals surface area contributed by atoms with Gasteiger partial charge in [0.15, 0.2) is 11.5 Å². The summed E-state index contributed by atoms with van der Waals surface area (Å²) in [5.74, 6) is -0.407. The monoisotopic (exact) mass is 353 g/mol. The number of non-ortho nitro benzene ring substituents is 1. The number of aryl methyl sites for hydroxylation is 1. The summed E-state index contributed by atoms with van der Waals surface area (Å²) in [5.41, 5.74) is 1.69. The minimum Gasteiger partial charge on any atom is -0.461 e. The Bertz CT molecular complexity index is 1030. The van der Waals surface area contributed by atoms with Crippen LogP contribution in [0, 0.1) is 17.0 Å². The third-order valence-electron chi connectivity index (χ3n) is 3.51. The fraction of sp³-hybridized carbons (Fsp3) is 0.176. The molecule has 2 aromatic heterocycles. The maximum absolute atomic E-state index is 12.2. The molecule has 3 aromatic rings. The van der Waals surface area contributed by atoms with Gasteiger partial charge >= 0.3 is 5.97 Å². The number of esters is 1. The summed E-state index contributed by atoms with van der Waals surface area (Å²) in [4.78, 5) is 26.8. The van der Waals surface area contributed by atoms with E-state index in [1.807, 2.05) is 13.0 Å². The number of nitrogens with zero attached hydrogens (tertiary/aromatic N) is 5. The minimum absolute atomic E-state index is 0.0339. The number of hydrogen-bond donors (Lipinski definition) is 0. The molecule has 132 valence electrons. The molecule has 0 amide bonds. The van der Waals surface area contributed by atoms with Crippen LogP contribution < -0.4 is 0 Å². The third-order valence-corrected chi connectivity index (χ3v) is 3.51. The van der Waals surface area contributed by atoms with E-state index < -0.39 is 10.9 Å². The topological polar surface area (TPSA) is 111 Å². The highest BCUT2D eigenvalue weighted by Crippen LogP contribution is 2.27. The van der Waals surface area contributed by atoms with E-state index in [2.05, 4.69) is 15.2 Å². The zero-order valence-corrected chi connectivity index (χ0v) is 14.1. The fourth-order valence-corrected chi connectivity index (χ4v) is 2.34. The van der Waals surface area contributed by atoms with Crippen molar-refractivity contribution in [3.63, 3.8) is 0 Å². The zero-order valence-electron chi connectivity index (χ0n) is 14.1. The first kappa shape index (κ1) is 17.2. The van der Waals surface area contributed by atoms with E-state index in [1.165, 1.54) is 18.2 Å². The number of ether oxygens (including phenoxy) is 1. The number of nitro groups is 1. The maximum Gasteiger partial charge on any atom is 0.360 e. The van der Waals surface area contributed by atoms with Gasteiger partial charge in [0.05, 0.1) is 17.2 Å². The Hall–Kier alpha value is -3.62. The first-order valence-corrected chi connectivity index (χ1v) is 7.81. The van der Waals surface area contributed by atoms with E-state index in [1.54, 1.807) is 29.7 Å². The Morgan fingerprint density at radius 2 is 2.12 bits per heavy atom. The number of nitro benzene ring substituents is 1. The molecule has 3 rings (SSSR count). The van der Waals surface area contributed by atoms with Gasteiger partial charge in [-0.3, -0.25) is 14.5 Å². The second kappa shape index (κ2) is 7.09. The van der Waals surface area contributed by atoms with E-state index in [0.29, 0.717) is 5.65 Å². The number of aromatic nitrogens is 2. The van der Waals surface area contributed by atoms with Crippen molar-refractivity contribution in [1.82, 2.24) is 9.38 Å². The van der Waals surface area contributed by atoms with Crippen molar-refractivity contribution in [2.45, 2.75) is 13.8 Å². The van der Waals surface area contributed by atoms with Gasteiger partial charge in [-0.1, -0.05) is 12.1 Å². The molecule has 0 saturated carbocycles. The van der Waals surface area contributed by atoms with Crippen LogP contribution in [0.5, 0.6) is 0 Å². The highest BCUT2D eigenvalue weighted by atomic mass is 16.6. The molecule has 0 fully saturated rings. The molecule has 9 nitrogen and oxygen atoms in total. The standard InChI is InChI=1S/C17H15N5O4/c1-3-26-17(23)15-16(21-10-11(2)7-8-14(21)18-15)20-19-12-5-4-6-13(9-12)22(24)25/h4-10H,3H2,1-2H3. The summed E-state index contributed by atoms with van der Waals surface area (Å²) in [5, 5.41) is 19.0. The van der Waals surface area contributed by atoms with Crippen molar-refractivity contribution in [2.24, 2.45) is 10.2 Å². The molecule has 0 aliphatic carbocycles. The van der Waals surface area contributed by atoms with Gasteiger partial charge < -0.3 is 4.74 Å². The normalized spacial score (nSPS) is 11.2. The molecule has 26 heavy (non-hydrogen) atoms. The first-order valence-electron chi connectivity index (χ1n) is 7.81. The predicted molar refractivity (Wildman–Crippen MR) is 93.2 cm³/mol. The van der Waals surface area contributed by atoms with Crippen molar-refractivity contribution in [3.8, 4) is 0 Å². The summed E-state index contributed by atoms with van der Waals surface area (Å²) < 4.78 is 6.65. The van der Waals surface area contributed by atoms with Gasteiger partial charge in [0.1, 0.15) is 5.65 Å². The molecule has 0 aliphatic rings. The number of fused-ring (bicyclic) bond motifs is 1. The third kappa shape index (κ3) is 3.41. The minimum atomic E-state index is -0.609. The largest absolute Gasteiger partial charge is 0.461 e. The van der Waals surface area contributed by atoms with E-state index in [0.717, 1.165) is 5.56 Å². The van der Waals surface area contributed by atoms with E-state index >= 15 is 0 Å². The molecule has 0 aliphatic heterocycles. The molecule has 9 heteroatoms. The van der Waals surface area contributed by atoms with Crippen molar-refractivity contribution in [2.75, 3.05) is 6.61 Å². The molecular formula is C17H15N5O4. The van der Waals surface area contributed by atoms with Gasteiger partial charge in [-0.2, -0.15) is 0 Å². The average Bonchev–Trinajstić information content (AvgIpc) is 2.98. The van der Waals surface area contributed by atoms with Gasteiger partial charge in [0.2, 0.25) is 0 Å². The SMILES string of the molecule is CCOC(=O)c1nc2ccc(C)cn2c1N=Nc1cccc([N+](=O)[O-])c1. The summed E-state index contributed by atoms with van der Waals surface area (Å²) in [6.07, 6.45) is 1.77. The number of carbonyl (C=O) groups is 1. The summed E-state index contributed by atoms with van der Waals surface area (Å²) >= 11 is 0. The Morgan fingerprint density at radius 1 is 1.31 bits per heavy atom. The lowest BCUT2D eigenvalue weighted by Crippen LogP contribution is -2.05. The molecule has 0 spiro atoms. The zero-order chi connectivity index (χ0) is 18.7. The Labute approximate surface area is 148 Å². The first-order chi connectivity index (χ1) is 12.5. The molecule has 0 N–H and O–H groups in total. The van der Waals surface area contributed by atoms with Gasteiger partial charge in [-0.05, 0) is 31.5 Å². The second-order valence-corrected chi connectivity index (χ2v) is 5.42. The lowest BCUT2D eigenvalue weighted by atomic mass is 10.3. The van der Waals surface area contributed by atoms with E-state index in [4.69, 9.17) is 4.74 Å². The number of imidazole rings is 1. The smallest absolute Gasteiger partial charge is 0.360 e. The summed E-state index contributed by atoms with van der Waals surface area (Å²) in [6, 6.07) is 9.36. The Morgan fingerprint density at radius 3 is 2.85 bits per heavy atom. The van der Waals surface area contributed by atoms with Gasteiger partial charge in [0.25, 0.3) is 5.69 Å². The van der Waals surface area contributed by atoms with Crippen LogP contribution in [-0.4, -0.2) is 26.9 Å². The Kier molecular flexibility index (Phi) is 4.70. The molecule has 0 atom stereocenters. The van der Waals surface area contributed by atoms with Crippen LogP contribution >= 0.6 is 0 Å². The maximum atomic E-state index is 12.2. The lowest BCUT2D eigenvalue weighted by molar-refractivity contribution is -0.384. The van der Waals surface area contributed by atoms with Crippen molar-refractivity contribution < 1.29 is 14.5 Å². The van der Waals surface area contributed by atoms with Crippen molar-refractivity contribution in [1.29, 1.82) is 0 Å². The number of azo groups is 1. The molecular weight excluding hydrogens is 338 g/mol. The molecule has 0 bridgehead atoms. The summed E-state index contributed by atoms with van der Waals surface area (Å²) in [7, 11) is 0. The van der Waals surface area contributed by atoms with Crippen molar-refractivity contribution in [3.05, 3.63) is 64.0 Å². The van der Waals surface area contributed by atoms with E-state index in [-0.39, 0.29) is 29.5 Å². The van der Waals surface area contributed by atoms with Crippen molar-refractivity contribution >= 4 is 28.8 Å². The predicted octanol–water partition coefficient (Wildman–Crippen LogP) is 4.14. The van der Waals surface area contributed by atoms with Crippen LogP contribution in [0.4, 0.5) is 17.2 Å². The van der Waals surface area contributed by atoms with Gasteiger partial charge in [-0.15, -0.1) is 10.2 Å². The van der Waals surface area contributed by atoms with Crippen LogP contribution in [0.3, 0.4) is 0 Å². The molecule has 0 saturated heterocycles. The lowest BCUT2D eigenvalue weighted by Gasteiger charge is -2.00. The average molecular weight is 353 g/mol. The molecule has 0 radical (unpaired) electrons. The van der Waals surface area contributed by atoms with E-state index in [9.17, 15) is 14.9 Å². The fourth-order valence-electron chi connectivity index (χ4n) is 2.34. The molecule has 0 unspecified atom stereocenters. The highest BCUT2D eigenvalue weighted by Gasteiger charge is 2.20. The quantitative estimate of drug-likeness (QED) is 0.296. The van der Waals surface area contributed by atoms with Gasteiger partial charge in [-0.25, -0.2) is 9.78 Å². The number of hydrogen-bond acceptors (Lipinski definition) is 7. The number of rotatable bonds is 5. The second-order valence-electron chi connectivity index (χ2n) is 5.42. The molecule has 1 aromatic carbocycles. The van der Waals surface area contributed by atoms with Crippen LogP contribution in [0.2, 0.25) is 0 Å². The van der Waals surface area contributed by atoms with Gasteiger partial charge in [0, 0.05) is 18.3 Å². The number of pyridine rings is 1. The van der Waals surface area contributed by atoms with Crippen LogP contribution in [0.15, 0.2) is 52.8 Å². The molecule has 2 heterocycles. The van der Waals surface area contributed by atoms with Crippen LogP contribution in [0.25, 0.3) is 5.65 Å². The highest BCUT2D eigenvalue weighted by molar-refractivity contribution is 5.93. The Balaban J connectivity index is 2.09.